The highest BCUT2D eigenvalue weighted by Gasteiger charge is 2.28. The predicted octanol–water partition coefficient (Wildman–Crippen LogP) is -0.802. The summed E-state index contributed by atoms with van der Waals surface area (Å²) in [5.41, 5.74) is 0.816. The van der Waals surface area contributed by atoms with E-state index in [0.29, 0.717) is 0 Å². The van der Waals surface area contributed by atoms with Crippen LogP contribution in [0.5, 0.6) is 0 Å². The number of hydrogen-bond acceptors (Lipinski definition) is 6. The van der Waals surface area contributed by atoms with Crippen molar-refractivity contribution < 1.29 is 19.8 Å². The summed E-state index contributed by atoms with van der Waals surface area (Å²) in [7, 11) is 0. The molecule has 0 spiro atoms. The van der Waals surface area contributed by atoms with Crippen LogP contribution in [0.1, 0.15) is 6.42 Å². The van der Waals surface area contributed by atoms with Gasteiger partial charge in [-0.15, -0.1) is 0 Å². The summed E-state index contributed by atoms with van der Waals surface area (Å²) in [4.78, 5) is 28.5. The van der Waals surface area contributed by atoms with Gasteiger partial charge in [0.1, 0.15) is 6.04 Å². The Kier molecular flexibility index (Phi) is 3.87. The Morgan fingerprint density at radius 1 is 1.61 bits per heavy atom. The maximum absolute atomic E-state index is 11.7. The molecule has 18 heavy (non-hydrogen) atoms. The molecule has 1 atom stereocenters. The molecule has 2 aliphatic rings. The average Bonchev–Trinajstić information content (AvgIpc) is 2.90. The van der Waals surface area contributed by atoms with Crippen LogP contribution in [0.2, 0.25) is 0 Å². The Morgan fingerprint density at radius 2 is 2.39 bits per heavy atom. The van der Waals surface area contributed by atoms with Gasteiger partial charge >= 0.3 is 5.97 Å². The first-order valence-corrected chi connectivity index (χ1v) is 6.30. The number of nitrogens with one attached hydrogen (secondary N) is 1. The van der Waals surface area contributed by atoms with E-state index in [0.717, 1.165) is 24.0 Å². The first kappa shape index (κ1) is 12.9. The minimum atomic E-state index is -1.25. The molecule has 0 aromatic carbocycles. The van der Waals surface area contributed by atoms with Crippen molar-refractivity contribution >= 4 is 28.8 Å². The van der Waals surface area contributed by atoms with Crippen molar-refractivity contribution in [2.75, 3.05) is 19.7 Å². The van der Waals surface area contributed by atoms with Crippen LogP contribution in [0.3, 0.4) is 0 Å². The highest BCUT2D eigenvalue weighted by atomic mass is 32.2. The van der Waals surface area contributed by atoms with Gasteiger partial charge in [-0.05, 0) is 5.41 Å². The van der Waals surface area contributed by atoms with Gasteiger partial charge in [0.2, 0.25) is 5.91 Å². The standard InChI is InChI=1S/C10H13N3O4S/c14-4-7(9(16)17)12-8(15)3-6-5-18-10-11-1-2-13(6)10/h5,7,14H,1-4H2,(H,12,15)(H,16,17). The highest BCUT2D eigenvalue weighted by Crippen LogP contribution is 2.30. The monoisotopic (exact) mass is 271 g/mol. The van der Waals surface area contributed by atoms with Crippen LogP contribution in [-0.4, -0.2) is 57.9 Å². The molecule has 0 aliphatic carbocycles. The molecular weight excluding hydrogens is 258 g/mol. The zero-order valence-corrected chi connectivity index (χ0v) is 10.3. The van der Waals surface area contributed by atoms with E-state index in [1.807, 2.05) is 10.3 Å². The van der Waals surface area contributed by atoms with Gasteiger partial charge in [-0.25, -0.2) is 4.79 Å². The lowest BCUT2D eigenvalue weighted by molar-refractivity contribution is -0.142. The zero-order chi connectivity index (χ0) is 13.1. The lowest BCUT2D eigenvalue weighted by Crippen LogP contribution is -2.43. The van der Waals surface area contributed by atoms with E-state index >= 15 is 0 Å². The summed E-state index contributed by atoms with van der Waals surface area (Å²) in [6, 6.07) is -1.25. The van der Waals surface area contributed by atoms with Crippen molar-refractivity contribution in [3.05, 3.63) is 11.1 Å². The fraction of sp³-hybridized carbons (Fsp3) is 0.500. The van der Waals surface area contributed by atoms with E-state index in [4.69, 9.17) is 10.2 Å². The van der Waals surface area contributed by atoms with Gasteiger partial charge in [0, 0.05) is 12.2 Å². The number of aliphatic imine (C=N–C) groups is 1. The van der Waals surface area contributed by atoms with Crippen LogP contribution in [-0.2, 0) is 9.59 Å². The molecule has 1 unspecified atom stereocenters. The van der Waals surface area contributed by atoms with E-state index in [2.05, 4.69) is 10.3 Å². The normalized spacial score (nSPS) is 19.1. The van der Waals surface area contributed by atoms with Crippen molar-refractivity contribution in [1.82, 2.24) is 10.2 Å². The quantitative estimate of drug-likeness (QED) is 0.605. The number of amides is 1. The molecule has 8 heteroatoms. The smallest absolute Gasteiger partial charge is 0.328 e. The molecule has 0 aromatic rings. The van der Waals surface area contributed by atoms with Crippen molar-refractivity contribution in [2.45, 2.75) is 12.5 Å². The van der Waals surface area contributed by atoms with E-state index in [1.165, 1.54) is 11.8 Å². The number of fused-ring (bicyclic) bond motifs is 1. The van der Waals surface area contributed by atoms with Crippen molar-refractivity contribution in [1.29, 1.82) is 0 Å². The molecule has 3 N–H and O–H groups in total. The molecule has 1 amide bonds. The van der Waals surface area contributed by atoms with E-state index < -0.39 is 24.5 Å². The molecule has 0 fully saturated rings. The van der Waals surface area contributed by atoms with Gasteiger partial charge in [-0.2, -0.15) is 0 Å². The average molecular weight is 271 g/mol. The van der Waals surface area contributed by atoms with Crippen LogP contribution in [0.4, 0.5) is 0 Å². The van der Waals surface area contributed by atoms with Crippen molar-refractivity contribution in [3.63, 3.8) is 0 Å². The minimum Gasteiger partial charge on any atom is -0.480 e. The lowest BCUT2D eigenvalue weighted by Gasteiger charge is -2.17. The van der Waals surface area contributed by atoms with Crippen molar-refractivity contribution in [2.24, 2.45) is 4.99 Å². The molecule has 0 saturated heterocycles. The fourth-order valence-electron chi connectivity index (χ4n) is 1.71. The molecule has 0 radical (unpaired) electrons. The van der Waals surface area contributed by atoms with Gasteiger partial charge < -0.3 is 20.4 Å². The molecule has 0 aromatic heterocycles. The van der Waals surface area contributed by atoms with Crippen molar-refractivity contribution in [3.8, 4) is 0 Å². The number of carboxylic acids is 1. The molecule has 0 saturated carbocycles. The minimum absolute atomic E-state index is 0.0931. The molecular formula is C10H13N3O4S. The molecule has 2 aliphatic heterocycles. The number of thioether (sulfide) groups is 1. The van der Waals surface area contributed by atoms with Gasteiger partial charge in [-0.1, -0.05) is 11.8 Å². The predicted molar refractivity (Wildman–Crippen MR) is 66.0 cm³/mol. The summed E-state index contributed by atoms with van der Waals surface area (Å²) in [6.45, 7) is 0.852. The van der Waals surface area contributed by atoms with Gasteiger partial charge in [0.05, 0.1) is 19.6 Å². The zero-order valence-electron chi connectivity index (χ0n) is 9.50. The number of carbonyl (C=O) groups excluding carboxylic acids is 1. The van der Waals surface area contributed by atoms with E-state index in [1.54, 1.807) is 0 Å². The fourth-order valence-corrected chi connectivity index (χ4v) is 2.66. The van der Waals surface area contributed by atoms with Crippen LogP contribution >= 0.6 is 11.8 Å². The van der Waals surface area contributed by atoms with Crippen LogP contribution in [0.25, 0.3) is 0 Å². The number of amidine groups is 1. The third-order valence-corrected chi connectivity index (χ3v) is 3.56. The topological polar surface area (TPSA) is 102 Å². The summed E-state index contributed by atoms with van der Waals surface area (Å²) < 4.78 is 0. The number of aliphatic hydroxyl groups is 1. The Balaban J connectivity index is 1.88. The maximum atomic E-state index is 11.7. The number of aliphatic hydroxyl groups excluding tert-OH is 1. The number of carbonyl (C=O) groups is 2. The Hall–Kier alpha value is -1.54. The third-order valence-electron chi connectivity index (χ3n) is 2.61. The lowest BCUT2D eigenvalue weighted by atomic mass is 10.2. The van der Waals surface area contributed by atoms with Gasteiger partial charge in [0.25, 0.3) is 0 Å². The van der Waals surface area contributed by atoms with Crippen LogP contribution in [0.15, 0.2) is 16.1 Å². The molecule has 2 rings (SSSR count). The second-order valence-corrected chi connectivity index (χ2v) is 4.70. The Morgan fingerprint density at radius 3 is 3.06 bits per heavy atom. The second kappa shape index (κ2) is 5.40. The number of rotatable bonds is 5. The Labute approximate surface area is 108 Å². The van der Waals surface area contributed by atoms with Crippen LogP contribution in [0, 0.1) is 0 Å². The number of carboxylic acid groups (broad SMARTS) is 1. The first-order valence-electron chi connectivity index (χ1n) is 5.42. The highest BCUT2D eigenvalue weighted by molar-refractivity contribution is 8.16. The number of nitrogens with zero attached hydrogens (tertiary/aromatic N) is 2. The molecule has 2 heterocycles. The molecule has 98 valence electrons. The summed E-state index contributed by atoms with van der Waals surface area (Å²) >= 11 is 1.46. The van der Waals surface area contributed by atoms with Gasteiger partial charge in [-0.3, -0.25) is 9.79 Å². The summed E-state index contributed by atoms with van der Waals surface area (Å²) in [5.74, 6) is -1.67. The van der Waals surface area contributed by atoms with Gasteiger partial charge in [0.15, 0.2) is 5.17 Å². The van der Waals surface area contributed by atoms with E-state index in [9.17, 15) is 9.59 Å². The second-order valence-electron chi connectivity index (χ2n) is 3.86. The van der Waals surface area contributed by atoms with E-state index in [-0.39, 0.29) is 6.42 Å². The SMILES string of the molecule is O=C(CC1=CSC2=NCCN12)NC(CO)C(=O)O. The summed E-state index contributed by atoms with van der Waals surface area (Å²) in [6.07, 6.45) is 0.0931. The Bertz CT molecular complexity index is 435. The molecule has 7 nitrogen and oxygen atoms in total. The number of hydrogen-bond donors (Lipinski definition) is 3. The first-order chi connectivity index (χ1) is 8.61. The third kappa shape index (κ3) is 2.65. The summed E-state index contributed by atoms with van der Waals surface area (Å²) in [5, 5.41) is 22.5. The maximum Gasteiger partial charge on any atom is 0.328 e. The molecule has 0 bridgehead atoms. The van der Waals surface area contributed by atoms with Crippen LogP contribution < -0.4 is 5.32 Å². The number of aliphatic carboxylic acids is 1. The largest absolute Gasteiger partial charge is 0.480 e.